The lowest BCUT2D eigenvalue weighted by Crippen LogP contribution is -2.37. The van der Waals surface area contributed by atoms with Gasteiger partial charge in [0.1, 0.15) is 5.15 Å². The van der Waals surface area contributed by atoms with Gasteiger partial charge >= 0.3 is 0 Å². The van der Waals surface area contributed by atoms with E-state index in [2.05, 4.69) is 21.6 Å². The monoisotopic (exact) mass is 293 g/mol. The first-order valence-corrected chi connectivity index (χ1v) is 7.02. The van der Waals surface area contributed by atoms with Gasteiger partial charge in [0.2, 0.25) is 0 Å². The Morgan fingerprint density at radius 1 is 1.50 bits per heavy atom. The standard InChI is InChI=1S/C14H20ClN5/c1-10-13(14(15)20(2)19-10)8-12(18-16)6-5-11-4-3-7-17-9-11/h3-4,7,9,12,18H,5-6,8,16H2,1-2H3. The van der Waals surface area contributed by atoms with Gasteiger partial charge in [0, 0.05) is 31.0 Å². The average molecular weight is 294 g/mol. The fourth-order valence-electron chi connectivity index (χ4n) is 2.28. The molecule has 0 bridgehead atoms. The molecular formula is C14H20ClN5. The summed E-state index contributed by atoms with van der Waals surface area (Å²) in [7, 11) is 1.85. The van der Waals surface area contributed by atoms with Crippen LogP contribution in [-0.2, 0) is 19.9 Å². The molecule has 108 valence electrons. The lowest BCUT2D eigenvalue weighted by atomic mass is 10.0. The van der Waals surface area contributed by atoms with Crippen molar-refractivity contribution in [2.75, 3.05) is 0 Å². The van der Waals surface area contributed by atoms with Gasteiger partial charge in [-0.2, -0.15) is 5.10 Å². The number of pyridine rings is 1. The highest BCUT2D eigenvalue weighted by Crippen LogP contribution is 2.21. The summed E-state index contributed by atoms with van der Waals surface area (Å²) in [6.07, 6.45) is 6.29. The van der Waals surface area contributed by atoms with Crippen molar-refractivity contribution in [1.82, 2.24) is 20.2 Å². The Bertz CT molecular complexity index is 552. The smallest absolute Gasteiger partial charge is 0.130 e. The molecule has 2 rings (SSSR count). The summed E-state index contributed by atoms with van der Waals surface area (Å²) in [5.74, 6) is 5.66. The molecule has 1 atom stereocenters. The van der Waals surface area contributed by atoms with Gasteiger partial charge in [-0.15, -0.1) is 0 Å². The van der Waals surface area contributed by atoms with Crippen LogP contribution in [0.5, 0.6) is 0 Å². The summed E-state index contributed by atoms with van der Waals surface area (Å²) in [4.78, 5) is 4.12. The first-order chi connectivity index (χ1) is 9.61. The SMILES string of the molecule is Cc1nn(C)c(Cl)c1CC(CCc1cccnc1)NN. The Kier molecular flexibility index (Phi) is 5.11. The van der Waals surface area contributed by atoms with Crippen molar-refractivity contribution >= 4 is 11.6 Å². The van der Waals surface area contributed by atoms with Gasteiger partial charge in [0.25, 0.3) is 0 Å². The average Bonchev–Trinajstić information content (AvgIpc) is 2.70. The van der Waals surface area contributed by atoms with Crippen LogP contribution in [0.1, 0.15) is 23.2 Å². The molecule has 2 heterocycles. The lowest BCUT2D eigenvalue weighted by Gasteiger charge is -2.15. The quantitative estimate of drug-likeness (QED) is 0.629. The molecule has 2 aromatic rings. The third kappa shape index (κ3) is 3.56. The molecule has 6 heteroatoms. The summed E-state index contributed by atoms with van der Waals surface area (Å²) >= 11 is 6.25. The van der Waals surface area contributed by atoms with Crippen molar-refractivity contribution in [3.8, 4) is 0 Å². The fraction of sp³-hybridized carbons (Fsp3) is 0.429. The molecule has 0 saturated heterocycles. The van der Waals surface area contributed by atoms with Gasteiger partial charge in [0.05, 0.1) is 5.69 Å². The van der Waals surface area contributed by atoms with E-state index in [4.69, 9.17) is 17.4 Å². The largest absolute Gasteiger partial charge is 0.271 e. The normalized spacial score (nSPS) is 12.6. The highest BCUT2D eigenvalue weighted by atomic mass is 35.5. The molecule has 0 radical (unpaired) electrons. The number of hydrazine groups is 1. The molecule has 0 saturated carbocycles. The van der Waals surface area contributed by atoms with E-state index in [1.165, 1.54) is 5.56 Å². The molecule has 0 fully saturated rings. The molecule has 20 heavy (non-hydrogen) atoms. The second-order valence-corrected chi connectivity index (χ2v) is 5.30. The topological polar surface area (TPSA) is 68.8 Å². The molecule has 0 aliphatic rings. The number of halogens is 1. The Balaban J connectivity index is 1.99. The van der Waals surface area contributed by atoms with Gasteiger partial charge in [-0.25, -0.2) is 0 Å². The Hall–Kier alpha value is -1.43. The van der Waals surface area contributed by atoms with E-state index in [1.54, 1.807) is 10.9 Å². The summed E-state index contributed by atoms with van der Waals surface area (Å²) < 4.78 is 1.70. The first kappa shape index (κ1) is 15.0. The zero-order valence-electron chi connectivity index (χ0n) is 11.8. The molecule has 0 aliphatic heterocycles. The van der Waals surface area contributed by atoms with Gasteiger partial charge in [-0.1, -0.05) is 17.7 Å². The van der Waals surface area contributed by atoms with Crippen LogP contribution in [0.2, 0.25) is 5.15 Å². The summed E-state index contributed by atoms with van der Waals surface area (Å²) in [5, 5.41) is 5.01. The van der Waals surface area contributed by atoms with Crippen LogP contribution in [0.25, 0.3) is 0 Å². The maximum atomic E-state index is 6.25. The molecule has 1 unspecified atom stereocenters. The van der Waals surface area contributed by atoms with Crippen LogP contribution in [0, 0.1) is 6.92 Å². The molecule has 0 spiro atoms. The minimum absolute atomic E-state index is 0.163. The van der Waals surface area contributed by atoms with Crippen LogP contribution in [0.3, 0.4) is 0 Å². The van der Waals surface area contributed by atoms with Crippen molar-refractivity contribution in [2.45, 2.75) is 32.2 Å². The Labute approximate surface area is 124 Å². The summed E-state index contributed by atoms with van der Waals surface area (Å²) in [5.41, 5.74) is 6.09. The van der Waals surface area contributed by atoms with Crippen LogP contribution in [-0.4, -0.2) is 20.8 Å². The molecule has 0 aromatic carbocycles. The number of hydrogen-bond donors (Lipinski definition) is 2. The van der Waals surface area contributed by atoms with E-state index in [9.17, 15) is 0 Å². The van der Waals surface area contributed by atoms with Crippen LogP contribution in [0.4, 0.5) is 0 Å². The predicted molar refractivity (Wildman–Crippen MR) is 80.3 cm³/mol. The number of nitrogens with zero attached hydrogens (tertiary/aromatic N) is 3. The zero-order chi connectivity index (χ0) is 14.5. The second kappa shape index (κ2) is 6.83. The van der Waals surface area contributed by atoms with E-state index < -0.39 is 0 Å². The predicted octanol–water partition coefficient (Wildman–Crippen LogP) is 1.78. The molecule has 0 amide bonds. The third-order valence-electron chi connectivity index (χ3n) is 3.46. The number of aryl methyl sites for hydroxylation is 3. The van der Waals surface area contributed by atoms with E-state index in [0.29, 0.717) is 5.15 Å². The maximum absolute atomic E-state index is 6.25. The highest BCUT2D eigenvalue weighted by molar-refractivity contribution is 6.30. The number of nitrogens with one attached hydrogen (secondary N) is 1. The second-order valence-electron chi connectivity index (χ2n) is 4.95. The molecule has 0 aliphatic carbocycles. The molecule has 3 N–H and O–H groups in total. The van der Waals surface area contributed by atoms with Gasteiger partial charge in [-0.05, 0) is 37.8 Å². The molecule has 2 aromatic heterocycles. The van der Waals surface area contributed by atoms with E-state index >= 15 is 0 Å². The van der Waals surface area contributed by atoms with E-state index in [0.717, 1.165) is 30.5 Å². The van der Waals surface area contributed by atoms with Gasteiger partial charge < -0.3 is 0 Å². The minimum Gasteiger partial charge on any atom is -0.271 e. The van der Waals surface area contributed by atoms with Crippen molar-refractivity contribution in [2.24, 2.45) is 12.9 Å². The zero-order valence-corrected chi connectivity index (χ0v) is 12.6. The first-order valence-electron chi connectivity index (χ1n) is 6.64. The fourth-order valence-corrected chi connectivity index (χ4v) is 2.54. The van der Waals surface area contributed by atoms with Crippen LogP contribution in [0.15, 0.2) is 24.5 Å². The van der Waals surface area contributed by atoms with E-state index in [1.807, 2.05) is 26.2 Å². The number of rotatable bonds is 6. The number of hydrogen-bond acceptors (Lipinski definition) is 4. The minimum atomic E-state index is 0.163. The van der Waals surface area contributed by atoms with Gasteiger partial charge in [0.15, 0.2) is 0 Å². The maximum Gasteiger partial charge on any atom is 0.130 e. The Morgan fingerprint density at radius 3 is 2.85 bits per heavy atom. The van der Waals surface area contributed by atoms with Crippen molar-refractivity contribution in [1.29, 1.82) is 0 Å². The van der Waals surface area contributed by atoms with Crippen molar-refractivity contribution in [3.63, 3.8) is 0 Å². The summed E-state index contributed by atoms with van der Waals surface area (Å²) in [6.45, 7) is 1.97. The number of aromatic nitrogens is 3. The molecule has 5 nitrogen and oxygen atoms in total. The highest BCUT2D eigenvalue weighted by Gasteiger charge is 2.16. The van der Waals surface area contributed by atoms with Crippen molar-refractivity contribution < 1.29 is 0 Å². The van der Waals surface area contributed by atoms with Crippen LogP contribution < -0.4 is 11.3 Å². The molecular weight excluding hydrogens is 274 g/mol. The van der Waals surface area contributed by atoms with Crippen LogP contribution >= 0.6 is 11.6 Å². The summed E-state index contributed by atoms with van der Waals surface area (Å²) in [6, 6.07) is 4.18. The van der Waals surface area contributed by atoms with Gasteiger partial charge in [-0.3, -0.25) is 20.9 Å². The third-order valence-corrected chi connectivity index (χ3v) is 3.93. The van der Waals surface area contributed by atoms with Crippen molar-refractivity contribution in [3.05, 3.63) is 46.5 Å². The van der Waals surface area contributed by atoms with E-state index in [-0.39, 0.29) is 6.04 Å². The number of nitrogens with two attached hydrogens (primary N) is 1. The Morgan fingerprint density at radius 2 is 2.30 bits per heavy atom. The lowest BCUT2D eigenvalue weighted by molar-refractivity contribution is 0.490.